The van der Waals surface area contributed by atoms with Crippen LogP contribution in [-0.2, 0) is 9.53 Å². The SMILES string of the molecule is COCC(O)CCNC(=O)C1CCCCN1C(C)C. The highest BCUT2D eigenvalue weighted by atomic mass is 16.5. The summed E-state index contributed by atoms with van der Waals surface area (Å²) in [5.41, 5.74) is 0. The van der Waals surface area contributed by atoms with Gasteiger partial charge in [-0.15, -0.1) is 0 Å². The highest BCUT2D eigenvalue weighted by Crippen LogP contribution is 2.19. The second-order valence-corrected chi connectivity index (χ2v) is 5.53. The number of likely N-dealkylation sites (tertiary alicyclic amines) is 1. The Hall–Kier alpha value is -0.650. The minimum Gasteiger partial charge on any atom is -0.391 e. The molecule has 0 radical (unpaired) electrons. The van der Waals surface area contributed by atoms with E-state index in [1.165, 1.54) is 6.42 Å². The van der Waals surface area contributed by atoms with Gasteiger partial charge in [0.15, 0.2) is 0 Å². The average Bonchev–Trinajstić information content (AvgIpc) is 2.38. The molecule has 0 aliphatic carbocycles. The molecule has 0 aromatic rings. The molecule has 1 rings (SSSR count). The van der Waals surface area contributed by atoms with Gasteiger partial charge in [-0.2, -0.15) is 0 Å². The third-order valence-electron chi connectivity index (χ3n) is 3.65. The number of carbonyl (C=O) groups is 1. The number of nitrogens with zero attached hydrogens (tertiary/aromatic N) is 1. The van der Waals surface area contributed by atoms with Crippen molar-refractivity contribution in [3.8, 4) is 0 Å². The predicted molar refractivity (Wildman–Crippen MR) is 75.0 cm³/mol. The molecule has 5 heteroatoms. The van der Waals surface area contributed by atoms with E-state index in [9.17, 15) is 9.90 Å². The van der Waals surface area contributed by atoms with Gasteiger partial charge in [0.2, 0.25) is 5.91 Å². The van der Waals surface area contributed by atoms with E-state index in [0.29, 0.717) is 25.6 Å². The number of ether oxygens (including phenoxy) is 1. The van der Waals surface area contributed by atoms with E-state index in [2.05, 4.69) is 24.1 Å². The first-order chi connectivity index (χ1) is 9.06. The van der Waals surface area contributed by atoms with Crippen LogP contribution in [0.3, 0.4) is 0 Å². The fourth-order valence-corrected chi connectivity index (χ4v) is 2.61. The van der Waals surface area contributed by atoms with Crippen LogP contribution in [0.2, 0.25) is 0 Å². The zero-order valence-corrected chi connectivity index (χ0v) is 12.4. The summed E-state index contributed by atoms with van der Waals surface area (Å²) in [6.07, 6.45) is 3.26. The number of nitrogens with one attached hydrogen (secondary N) is 1. The molecule has 1 amide bonds. The number of hydrogen-bond donors (Lipinski definition) is 2. The molecule has 0 bridgehead atoms. The topological polar surface area (TPSA) is 61.8 Å². The molecule has 112 valence electrons. The standard InChI is InChI=1S/C14H28N2O3/c1-11(2)16-9-5-4-6-13(16)14(18)15-8-7-12(17)10-19-3/h11-13,17H,4-10H2,1-3H3,(H,15,18). The van der Waals surface area contributed by atoms with E-state index in [1.807, 2.05) is 0 Å². The van der Waals surface area contributed by atoms with Crippen molar-refractivity contribution in [3.63, 3.8) is 0 Å². The number of hydrogen-bond acceptors (Lipinski definition) is 4. The zero-order chi connectivity index (χ0) is 14.3. The number of amides is 1. The maximum Gasteiger partial charge on any atom is 0.237 e. The normalized spacial score (nSPS) is 22.5. The number of aliphatic hydroxyl groups is 1. The Bertz CT molecular complexity index is 271. The lowest BCUT2D eigenvalue weighted by molar-refractivity contribution is -0.128. The van der Waals surface area contributed by atoms with E-state index < -0.39 is 6.10 Å². The van der Waals surface area contributed by atoms with Gasteiger partial charge in [-0.25, -0.2) is 0 Å². The molecule has 19 heavy (non-hydrogen) atoms. The number of rotatable bonds is 7. The molecule has 0 spiro atoms. The van der Waals surface area contributed by atoms with E-state index in [1.54, 1.807) is 7.11 Å². The second kappa shape index (κ2) is 8.51. The highest BCUT2D eigenvalue weighted by molar-refractivity contribution is 5.81. The average molecular weight is 272 g/mol. The smallest absolute Gasteiger partial charge is 0.237 e. The number of carbonyl (C=O) groups excluding carboxylic acids is 1. The molecule has 1 heterocycles. The summed E-state index contributed by atoms with van der Waals surface area (Å²) in [5.74, 6) is 0.0954. The number of aliphatic hydroxyl groups excluding tert-OH is 1. The third-order valence-corrected chi connectivity index (χ3v) is 3.65. The van der Waals surface area contributed by atoms with Gasteiger partial charge in [-0.1, -0.05) is 6.42 Å². The third kappa shape index (κ3) is 5.47. The van der Waals surface area contributed by atoms with Crippen LogP contribution in [0, 0.1) is 0 Å². The number of methoxy groups -OCH3 is 1. The van der Waals surface area contributed by atoms with Gasteiger partial charge in [0.1, 0.15) is 0 Å². The summed E-state index contributed by atoms with van der Waals surface area (Å²) in [6.45, 7) is 6.09. The first-order valence-corrected chi connectivity index (χ1v) is 7.26. The van der Waals surface area contributed by atoms with E-state index in [0.717, 1.165) is 19.4 Å². The number of piperidine rings is 1. The first-order valence-electron chi connectivity index (χ1n) is 7.26. The van der Waals surface area contributed by atoms with Gasteiger partial charge in [0, 0.05) is 19.7 Å². The molecular formula is C14H28N2O3. The first kappa shape index (κ1) is 16.4. The van der Waals surface area contributed by atoms with Crippen LogP contribution in [0.5, 0.6) is 0 Å². The Morgan fingerprint density at radius 2 is 2.21 bits per heavy atom. The fourth-order valence-electron chi connectivity index (χ4n) is 2.61. The maximum atomic E-state index is 12.2. The summed E-state index contributed by atoms with van der Waals surface area (Å²) in [4.78, 5) is 14.5. The lowest BCUT2D eigenvalue weighted by Crippen LogP contribution is -2.52. The monoisotopic (exact) mass is 272 g/mol. The second-order valence-electron chi connectivity index (χ2n) is 5.53. The van der Waals surface area contributed by atoms with Crippen LogP contribution in [-0.4, -0.2) is 60.9 Å². The van der Waals surface area contributed by atoms with Crippen molar-refractivity contribution in [3.05, 3.63) is 0 Å². The van der Waals surface area contributed by atoms with Crippen LogP contribution < -0.4 is 5.32 Å². The summed E-state index contributed by atoms with van der Waals surface area (Å²) in [6, 6.07) is 0.392. The summed E-state index contributed by atoms with van der Waals surface area (Å²) in [5, 5.41) is 12.5. The Morgan fingerprint density at radius 1 is 1.47 bits per heavy atom. The Morgan fingerprint density at radius 3 is 2.84 bits per heavy atom. The maximum absolute atomic E-state index is 12.2. The van der Waals surface area contributed by atoms with E-state index in [-0.39, 0.29) is 11.9 Å². The van der Waals surface area contributed by atoms with Crippen molar-refractivity contribution in [2.75, 3.05) is 26.8 Å². The van der Waals surface area contributed by atoms with E-state index >= 15 is 0 Å². The van der Waals surface area contributed by atoms with Gasteiger partial charge < -0.3 is 15.2 Å². The molecule has 1 fully saturated rings. The Kier molecular flexibility index (Phi) is 7.34. The van der Waals surface area contributed by atoms with Crippen molar-refractivity contribution >= 4 is 5.91 Å². The van der Waals surface area contributed by atoms with Gasteiger partial charge in [0.05, 0.1) is 18.8 Å². The lowest BCUT2D eigenvalue weighted by atomic mass is 9.99. The zero-order valence-electron chi connectivity index (χ0n) is 12.4. The summed E-state index contributed by atoms with van der Waals surface area (Å²) >= 11 is 0. The van der Waals surface area contributed by atoms with E-state index in [4.69, 9.17) is 4.74 Å². The van der Waals surface area contributed by atoms with Crippen molar-refractivity contribution in [1.82, 2.24) is 10.2 Å². The van der Waals surface area contributed by atoms with Crippen molar-refractivity contribution in [2.45, 2.75) is 57.7 Å². The van der Waals surface area contributed by atoms with Gasteiger partial charge in [0.25, 0.3) is 0 Å². The Labute approximate surface area is 116 Å². The molecule has 0 saturated carbocycles. The van der Waals surface area contributed by atoms with Gasteiger partial charge in [-0.05, 0) is 39.7 Å². The fraction of sp³-hybridized carbons (Fsp3) is 0.929. The summed E-state index contributed by atoms with van der Waals surface area (Å²) in [7, 11) is 1.56. The lowest BCUT2D eigenvalue weighted by Gasteiger charge is -2.37. The minimum absolute atomic E-state index is 0.00619. The molecule has 2 atom stereocenters. The minimum atomic E-state index is -0.502. The van der Waals surface area contributed by atoms with Crippen LogP contribution >= 0.6 is 0 Å². The van der Waals surface area contributed by atoms with Gasteiger partial charge in [-0.3, -0.25) is 9.69 Å². The highest BCUT2D eigenvalue weighted by Gasteiger charge is 2.29. The molecule has 1 saturated heterocycles. The molecule has 0 aromatic heterocycles. The van der Waals surface area contributed by atoms with Crippen molar-refractivity contribution in [2.24, 2.45) is 0 Å². The molecule has 5 nitrogen and oxygen atoms in total. The Balaban J connectivity index is 2.34. The molecule has 1 aliphatic rings. The largest absolute Gasteiger partial charge is 0.391 e. The summed E-state index contributed by atoms with van der Waals surface area (Å²) < 4.78 is 4.86. The van der Waals surface area contributed by atoms with Crippen LogP contribution in [0.25, 0.3) is 0 Å². The van der Waals surface area contributed by atoms with Crippen LogP contribution in [0.1, 0.15) is 39.5 Å². The molecule has 2 unspecified atom stereocenters. The quantitative estimate of drug-likeness (QED) is 0.718. The van der Waals surface area contributed by atoms with Crippen molar-refractivity contribution in [1.29, 1.82) is 0 Å². The molecule has 1 aliphatic heterocycles. The molecule has 0 aromatic carbocycles. The predicted octanol–water partition coefficient (Wildman–Crippen LogP) is 0.763. The van der Waals surface area contributed by atoms with Crippen molar-refractivity contribution < 1.29 is 14.6 Å². The molecule has 2 N–H and O–H groups in total. The van der Waals surface area contributed by atoms with Crippen LogP contribution in [0.4, 0.5) is 0 Å². The molecular weight excluding hydrogens is 244 g/mol. The van der Waals surface area contributed by atoms with Gasteiger partial charge >= 0.3 is 0 Å². The van der Waals surface area contributed by atoms with Crippen LogP contribution in [0.15, 0.2) is 0 Å².